The summed E-state index contributed by atoms with van der Waals surface area (Å²) in [7, 11) is 1.57. The Morgan fingerprint density at radius 2 is 1.87 bits per heavy atom. The number of benzene rings is 2. The van der Waals surface area contributed by atoms with E-state index in [0.717, 1.165) is 5.56 Å². The van der Waals surface area contributed by atoms with Crippen molar-refractivity contribution >= 4 is 11.8 Å². The molecule has 6 heteroatoms. The van der Waals surface area contributed by atoms with Gasteiger partial charge in [0.1, 0.15) is 11.6 Å². The van der Waals surface area contributed by atoms with Gasteiger partial charge in [-0.05, 0) is 29.8 Å². The molecule has 0 saturated heterocycles. The minimum absolute atomic E-state index is 0.0897. The molecule has 2 aromatic rings. The third kappa shape index (κ3) is 4.81. The zero-order valence-electron chi connectivity index (χ0n) is 12.6. The highest BCUT2D eigenvalue weighted by atomic mass is 19.1. The predicted molar refractivity (Wildman–Crippen MR) is 83.6 cm³/mol. The number of methoxy groups -OCH3 is 1. The molecule has 0 fully saturated rings. The number of carbonyl (C=O) groups excluding carboxylic acids is 2. The molecule has 120 valence electrons. The molecule has 23 heavy (non-hydrogen) atoms. The number of amides is 2. The minimum Gasteiger partial charge on any atom is -0.497 e. The van der Waals surface area contributed by atoms with Gasteiger partial charge in [-0.3, -0.25) is 9.59 Å². The molecule has 0 bridgehead atoms. The van der Waals surface area contributed by atoms with Crippen LogP contribution in [0.3, 0.4) is 0 Å². The smallest absolute Gasteiger partial charge is 0.254 e. The fourth-order valence-electron chi connectivity index (χ4n) is 1.95. The van der Waals surface area contributed by atoms with Crippen molar-refractivity contribution in [3.05, 3.63) is 65.5 Å². The van der Waals surface area contributed by atoms with E-state index >= 15 is 0 Å². The van der Waals surface area contributed by atoms with Gasteiger partial charge in [0, 0.05) is 6.54 Å². The van der Waals surface area contributed by atoms with Gasteiger partial charge in [0.15, 0.2) is 0 Å². The molecule has 0 aliphatic carbocycles. The number of halogens is 1. The summed E-state index contributed by atoms with van der Waals surface area (Å²) in [6.07, 6.45) is 0. The van der Waals surface area contributed by atoms with E-state index in [4.69, 9.17) is 4.74 Å². The van der Waals surface area contributed by atoms with Crippen LogP contribution in [0.4, 0.5) is 4.39 Å². The molecule has 0 heterocycles. The molecule has 0 spiro atoms. The van der Waals surface area contributed by atoms with Crippen molar-refractivity contribution in [3.8, 4) is 5.75 Å². The number of hydrogen-bond acceptors (Lipinski definition) is 3. The summed E-state index contributed by atoms with van der Waals surface area (Å²) in [6.45, 7) is 0.0860. The first-order valence-electron chi connectivity index (χ1n) is 7.02. The Morgan fingerprint density at radius 3 is 2.61 bits per heavy atom. The van der Waals surface area contributed by atoms with Crippen molar-refractivity contribution in [1.82, 2.24) is 10.6 Å². The molecule has 2 rings (SSSR count). The number of rotatable bonds is 6. The SMILES string of the molecule is COc1cccc(CNC(=O)CNC(=O)c2ccccc2F)c1. The Bertz CT molecular complexity index is 704. The second-order valence-corrected chi connectivity index (χ2v) is 4.79. The Hall–Kier alpha value is -2.89. The van der Waals surface area contributed by atoms with Crippen LogP contribution in [0.15, 0.2) is 48.5 Å². The monoisotopic (exact) mass is 316 g/mol. The van der Waals surface area contributed by atoms with Crippen molar-refractivity contribution in [2.75, 3.05) is 13.7 Å². The summed E-state index contributed by atoms with van der Waals surface area (Å²) < 4.78 is 18.5. The first-order valence-corrected chi connectivity index (χ1v) is 7.02. The van der Waals surface area contributed by atoms with Gasteiger partial charge < -0.3 is 15.4 Å². The molecule has 0 aliphatic rings. The highest BCUT2D eigenvalue weighted by molar-refractivity contribution is 5.96. The average Bonchev–Trinajstić information content (AvgIpc) is 2.58. The Balaban J connectivity index is 1.81. The van der Waals surface area contributed by atoms with Crippen LogP contribution in [-0.4, -0.2) is 25.5 Å². The molecule has 5 nitrogen and oxygen atoms in total. The molecular weight excluding hydrogens is 299 g/mol. The number of hydrogen-bond donors (Lipinski definition) is 2. The van der Waals surface area contributed by atoms with E-state index in [1.807, 2.05) is 12.1 Å². The van der Waals surface area contributed by atoms with Crippen LogP contribution in [0.5, 0.6) is 5.75 Å². The van der Waals surface area contributed by atoms with E-state index in [-0.39, 0.29) is 18.0 Å². The maximum Gasteiger partial charge on any atom is 0.254 e. The normalized spacial score (nSPS) is 10.0. The van der Waals surface area contributed by atoms with Crippen LogP contribution in [0.1, 0.15) is 15.9 Å². The number of carbonyl (C=O) groups is 2. The first-order chi connectivity index (χ1) is 11.1. The van der Waals surface area contributed by atoms with Crippen LogP contribution >= 0.6 is 0 Å². The summed E-state index contributed by atoms with van der Waals surface area (Å²) in [5.41, 5.74) is 0.784. The lowest BCUT2D eigenvalue weighted by atomic mass is 10.2. The van der Waals surface area contributed by atoms with E-state index in [1.54, 1.807) is 25.3 Å². The van der Waals surface area contributed by atoms with E-state index in [2.05, 4.69) is 10.6 Å². The summed E-state index contributed by atoms with van der Waals surface area (Å²) in [5, 5.41) is 5.05. The van der Waals surface area contributed by atoms with Crippen LogP contribution in [0, 0.1) is 5.82 Å². The van der Waals surface area contributed by atoms with Gasteiger partial charge in [-0.2, -0.15) is 0 Å². The van der Waals surface area contributed by atoms with E-state index in [1.165, 1.54) is 18.2 Å². The highest BCUT2D eigenvalue weighted by Gasteiger charge is 2.11. The van der Waals surface area contributed by atoms with E-state index in [0.29, 0.717) is 12.3 Å². The van der Waals surface area contributed by atoms with Gasteiger partial charge in [-0.1, -0.05) is 24.3 Å². The minimum atomic E-state index is -0.625. The Labute approximate surface area is 133 Å². The summed E-state index contributed by atoms with van der Waals surface area (Å²) in [5.74, 6) is -0.913. The standard InChI is InChI=1S/C17H17FN2O3/c1-23-13-6-4-5-12(9-13)10-19-16(21)11-20-17(22)14-7-2-3-8-15(14)18/h2-9H,10-11H2,1H3,(H,19,21)(H,20,22). The molecule has 0 radical (unpaired) electrons. The molecule has 2 aromatic carbocycles. The molecule has 2 N–H and O–H groups in total. The van der Waals surface area contributed by atoms with Crippen LogP contribution in [0.2, 0.25) is 0 Å². The van der Waals surface area contributed by atoms with Gasteiger partial charge in [-0.25, -0.2) is 4.39 Å². The maximum absolute atomic E-state index is 13.4. The number of nitrogens with one attached hydrogen (secondary N) is 2. The molecule has 0 aromatic heterocycles. The fraction of sp³-hybridized carbons (Fsp3) is 0.176. The van der Waals surface area contributed by atoms with Crippen LogP contribution < -0.4 is 15.4 Å². The second-order valence-electron chi connectivity index (χ2n) is 4.79. The van der Waals surface area contributed by atoms with Crippen molar-refractivity contribution < 1.29 is 18.7 Å². The lowest BCUT2D eigenvalue weighted by Crippen LogP contribution is -2.36. The van der Waals surface area contributed by atoms with Gasteiger partial charge in [0.25, 0.3) is 5.91 Å². The first kappa shape index (κ1) is 16.5. The largest absolute Gasteiger partial charge is 0.497 e. The zero-order chi connectivity index (χ0) is 16.7. The van der Waals surface area contributed by atoms with Gasteiger partial charge in [0.2, 0.25) is 5.91 Å². The molecule has 0 aliphatic heterocycles. The van der Waals surface area contributed by atoms with Crippen LogP contribution in [-0.2, 0) is 11.3 Å². The van der Waals surface area contributed by atoms with Crippen LogP contribution in [0.25, 0.3) is 0 Å². The van der Waals surface area contributed by atoms with Crippen molar-refractivity contribution in [2.45, 2.75) is 6.54 Å². The van der Waals surface area contributed by atoms with Gasteiger partial charge in [-0.15, -0.1) is 0 Å². The molecular formula is C17H17FN2O3. The van der Waals surface area contributed by atoms with Gasteiger partial charge in [0.05, 0.1) is 19.2 Å². The summed E-state index contributed by atoms with van der Waals surface area (Å²) in [4.78, 5) is 23.5. The van der Waals surface area contributed by atoms with Crippen molar-refractivity contribution in [1.29, 1.82) is 0 Å². The van der Waals surface area contributed by atoms with Crippen molar-refractivity contribution in [3.63, 3.8) is 0 Å². The Morgan fingerprint density at radius 1 is 1.09 bits per heavy atom. The lowest BCUT2D eigenvalue weighted by molar-refractivity contribution is -0.120. The maximum atomic E-state index is 13.4. The molecule has 0 unspecified atom stereocenters. The third-order valence-corrected chi connectivity index (χ3v) is 3.15. The topological polar surface area (TPSA) is 67.4 Å². The third-order valence-electron chi connectivity index (χ3n) is 3.15. The zero-order valence-corrected chi connectivity index (χ0v) is 12.6. The average molecular weight is 316 g/mol. The fourth-order valence-corrected chi connectivity index (χ4v) is 1.95. The Kier molecular flexibility index (Phi) is 5.68. The van der Waals surface area contributed by atoms with Gasteiger partial charge >= 0.3 is 0 Å². The summed E-state index contributed by atoms with van der Waals surface area (Å²) >= 11 is 0. The number of ether oxygens (including phenoxy) is 1. The van der Waals surface area contributed by atoms with Crippen molar-refractivity contribution in [2.24, 2.45) is 0 Å². The highest BCUT2D eigenvalue weighted by Crippen LogP contribution is 2.12. The molecule has 0 saturated carbocycles. The van der Waals surface area contributed by atoms with E-state index < -0.39 is 11.7 Å². The summed E-state index contributed by atoms with van der Waals surface area (Å²) in [6, 6.07) is 12.9. The lowest BCUT2D eigenvalue weighted by Gasteiger charge is -2.08. The molecule has 0 atom stereocenters. The van der Waals surface area contributed by atoms with E-state index in [9.17, 15) is 14.0 Å². The molecule has 2 amide bonds. The predicted octanol–water partition coefficient (Wildman–Crippen LogP) is 1.88. The quantitative estimate of drug-likeness (QED) is 0.855. The second kappa shape index (κ2) is 7.93.